The van der Waals surface area contributed by atoms with Crippen molar-refractivity contribution in [2.24, 2.45) is 23.2 Å². The van der Waals surface area contributed by atoms with E-state index in [0.29, 0.717) is 11.8 Å². The predicted octanol–water partition coefficient (Wildman–Crippen LogP) is 4.16. The van der Waals surface area contributed by atoms with Crippen LogP contribution < -0.4 is 4.74 Å². The molecule has 3 nitrogen and oxygen atoms in total. The van der Waals surface area contributed by atoms with E-state index in [9.17, 15) is 4.79 Å². The maximum atomic E-state index is 12.6. The summed E-state index contributed by atoms with van der Waals surface area (Å²) >= 11 is 0. The van der Waals surface area contributed by atoms with Crippen LogP contribution in [0.4, 0.5) is 0 Å². The van der Waals surface area contributed by atoms with Gasteiger partial charge in [0.2, 0.25) is 0 Å². The van der Waals surface area contributed by atoms with Gasteiger partial charge < -0.3 is 9.47 Å². The first kappa shape index (κ1) is 15.4. The Hall–Kier alpha value is -1.51. The molecule has 4 rings (SSSR count). The number of ether oxygens (including phenoxy) is 2. The first-order chi connectivity index (χ1) is 10.4. The minimum atomic E-state index is -0.490. The summed E-state index contributed by atoms with van der Waals surface area (Å²) < 4.78 is 11.3. The zero-order valence-electron chi connectivity index (χ0n) is 14.2. The van der Waals surface area contributed by atoms with E-state index in [1.165, 1.54) is 0 Å². The van der Waals surface area contributed by atoms with Gasteiger partial charge in [-0.05, 0) is 41.9 Å². The van der Waals surface area contributed by atoms with E-state index in [1.54, 1.807) is 7.11 Å². The topological polar surface area (TPSA) is 35.5 Å². The minimum absolute atomic E-state index is 0.0116. The molecule has 3 aliphatic rings. The molecule has 2 bridgehead atoms. The summed E-state index contributed by atoms with van der Waals surface area (Å²) in [4.78, 5) is 12.6. The molecule has 0 spiro atoms. The van der Waals surface area contributed by atoms with Gasteiger partial charge in [0, 0.05) is 5.92 Å². The third kappa shape index (κ3) is 1.98. The molecule has 22 heavy (non-hydrogen) atoms. The fourth-order valence-corrected chi connectivity index (χ4v) is 5.12. The van der Waals surface area contributed by atoms with Gasteiger partial charge in [-0.3, -0.25) is 4.79 Å². The van der Waals surface area contributed by atoms with Crippen molar-refractivity contribution in [3.8, 4) is 5.75 Å². The molecule has 2 saturated heterocycles. The van der Waals surface area contributed by atoms with Crippen LogP contribution in [0.5, 0.6) is 5.75 Å². The third-order valence-corrected chi connectivity index (χ3v) is 5.87. The summed E-state index contributed by atoms with van der Waals surface area (Å²) in [5.41, 5.74) is 0.586. The zero-order valence-corrected chi connectivity index (χ0v) is 14.2. The molecule has 0 aromatic heterocycles. The van der Waals surface area contributed by atoms with Crippen molar-refractivity contribution >= 4 is 5.97 Å². The number of hydrogen-bond acceptors (Lipinski definition) is 3. The lowest BCUT2D eigenvalue weighted by Crippen LogP contribution is -2.62. The van der Waals surface area contributed by atoms with Gasteiger partial charge in [-0.2, -0.15) is 0 Å². The number of rotatable bonds is 3. The Morgan fingerprint density at radius 2 is 1.91 bits per heavy atom. The second-order valence-electron chi connectivity index (χ2n) is 7.56. The third-order valence-electron chi connectivity index (χ3n) is 5.87. The molecule has 2 heterocycles. The summed E-state index contributed by atoms with van der Waals surface area (Å²) in [6, 6.07) is 8.04. The molecule has 1 aromatic carbocycles. The van der Waals surface area contributed by atoms with Crippen LogP contribution in [0, 0.1) is 23.2 Å². The lowest BCUT2D eigenvalue weighted by molar-refractivity contribution is -0.242. The second kappa shape index (κ2) is 5.00. The quantitative estimate of drug-likeness (QED) is 0.787. The Labute approximate surface area is 133 Å². The van der Waals surface area contributed by atoms with Gasteiger partial charge in [0.05, 0.1) is 13.0 Å². The monoisotopic (exact) mass is 302 g/mol. The van der Waals surface area contributed by atoms with E-state index in [-0.39, 0.29) is 17.3 Å². The zero-order chi connectivity index (χ0) is 16.1. The Balaban J connectivity index is 2.12. The summed E-state index contributed by atoms with van der Waals surface area (Å²) in [6.45, 7) is 8.84. The summed E-state index contributed by atoms with van der Waals surface area (Å²) in [5.74, 6) is 1.53. The highest BCUT2D eigenvalue weighted by Crippen LogP contribution is 2.62. The molecule has 0 radical (unpaired) electrons. The van der Waals surface area contributed by atoms with Crippen LogP contribution in [-0.4, -0.2) is 13.1 Å². The molecule has 3 fully saturated rings. The average molecular weight is 302 g/mol. The van der Waals surface area contributed by atoms with Gasteiger partial charge in [-0.1, -0.05) is 39.8 Å². The first-order valence-electron chi connectivity index (χ1n) is 8.23. The van der Waals surface area contributed by atoms with E-state index < -0.39 is 5.60 Å². The number of hydrogen-bond donors (Lipinski definition) is 0. The number of benzene rings is 1. The molecular weight excluding hydrogens is 276 g/mol. The van der Waals surface area contributed by atoms with Crippen molar-refractivity contribution in [1.82, 2.24) is 0 Å². The van der Waals surface area contributed by atoms with Crippen molar-refractivity contribution in [3.63, 3.8) is 0 Å². The Kier molecular flexibility index (Phi) is 3.50. The number of esters is 1. The maximum Gasteiger partial charge on any atom is 0.310 e. The molecule has 2 aliphatic heterocycles. The van der Waals surface area contributed by atoms with E-state index in [1.807, 2.05) is 12.1 Å². The highest BCUT2D eigenvalue weighted by atomic mass is 16.6. The number of fused-ring (bicyclic) bond motifs is 3. The largest absolute Gasteiger partial charge is 0.497 e. The van der Waals surface area contributed by atoms with Gasteiger partial charge in [0.15, 0.2) is 0 Å². The second-order valence-corrected chi connectivity index (χ2v) is 7.56. The van der Waals surface area contributed by atoms with Gasteiger partial charge >= 0.3 is 5.97 Å². The molecule has 1 aromatic rings. The van der Waals surface area contributed by atoms with Crippen molar-refractivity contribution in [1.29, 1.82) is 0 Å². The van der Waals surface area contributed by atoms with E-state index in [0.717, 1.165) is 24.2 Å². The van der Waals surface area contributed by atoms with E-state index in [2.05, 4.69) is 39.8 Å². The average Bonchev–Trinajstić information content (AvgIpc) is 2.45. The molecular formula is C19H26O3. The summed E-state index contributed by atoms with van der Waals surface area (Å²) in [5, 5.41) is 0. The van der Waals surface area contributed by atoms with Crippen molar-refractivity contribution in [2.75, 3.05) is 7.11 Å². The van der Waals surface area contributed by atoms with Crippen molar-refractivity contribution in [2.45, 2.75) is 46.1 Å². The first-order valence-corrected chi connectivity index (χ1v) is 8.23. The smallest absolute Gasteiger partial charge is 0.310 e. The van der Waals surface area contributed by atoms with Crippen molar-refractivity contribution in [3.05, 3.63) is 29.8 Å². The lowest BCUT2D eigenvalue weighted by atomic mass is 9.50. The molecule has 120 valence electrons. The van der Waals surface area contributed by atoms with Gasteiger partial charge in [0.25, 0.3) is 0 Å². The van der Waals surface area contributed by atoms with Crippen LogP contribution >= 0.6 is 0 Å². The molecule has 3 heteroatoms. The van der Waals surface area contributed by atoms with Crippen LogP contribution in [-0.2, 0) is 15.1 Å². The Morgan fingerprint density at radius 3 is 2.41 bits per heavy atom. The molecule has 0 amide bonds. The highest BCUT2D eigenvalue weighted by Gasteiger charge is 2.64. The number of methoxy groups -OCH3 is 1. The molecule has 4 atom stereocenters. The normalized spacial score (nSPS) is 36.0. The predicted molar refractivity (Wildman–Crippen MR) is 85.6 cm³/mol. The Bertz CT molecular complexity index is 575. The summed E-state index contributed by atoms with van der Waals surface area (Å²) in [6.07, 6.45) is 1.92. The molecule has 0 unspecified atom stereocenters. The van der Waals surface area contributed by atoms with Crippen LogP contribution in [0.2, 0.25) is 0 Å². The van der Waals surface area contributed by atoms with E-state index in [4.69, 9.17) is 9.47 Å². The minimum Gasteiger partial charge on any atom is -0.497 e. The van der Waals surface area contributed by atoms with Crippen LogP contribution in [0.3, 0.4) is 0 Å². The van der Waals surface area contributed by atoms with Gasteiger partial charge in [0.1, 0.15) is 11.4 Å². The maximum absolute atomic E-state index is 12.6. The Morgan fingerprint density at radius 1 is 1.27 bits per heavy atom. The van der Waals surface area contributed by atoms with Crippen LogP contribution in [0.1, 0.15) is 46.1 Å². The summed E-state index contributed by atoms with van der Waals surface area (Å²) in [7, 11) is 1.67. The van der Waals surface area contributed by atoms with E-state index >= 15 is 0 Å². The molecule has 0 N–H and O–H groups in total. The highest BCUT2D eigenvalue weighted by molar-refractivity contribution is 5.77. The number of carbonyl (C=O) groups is 1. The number of carbonyl (C=O) groups excluding carboxylic acids is 1. The lowest BCUT2D eigenvalue weighted by Gasteiger charge is -2.60. The molecule has 1 saturated carbocycles. The molecule has 1 aliphatic carbocycles. The van der Waals surface area contributed by atoms with Gasteiger partial charge in [-0.15, -0.1) is 0 Å². The van der Waals surface area contributed by atoms with Crippen LogP contribution in [0.15, 0.2) is 24.3 Å². The SMILES string of the molecule is CC[C@H]1[C@H](C)[C@@H]2C(=O)O[C@@]1(c1ccc(OC)cc1)CC2(C)C. The van der Waals surface area contributed by atoms with Gasteiger partial charge in [-0.25, -0.2) is 0 Å². The van der Waals surface area contributed by atoms with Crippen LogP contribution in [0.25, 0.3) is 0 Å². The standard InChI is InChI=1S/C19H26O3/c1-6-15-12(2)16-17(20)22-19(15,11-18(16,3)4)13-7-9-14(21-5)10-8-13/h7-10,12,15-16H,6,11H2,1-5H3/t12-,15-,16+,19+/m0/s1. The van der Waals surface area contributed by atoms with Crippen molar-refractivity contribution < 1.29 is 14.3 Å². The fraction of sp³-hybridized carbons (Fsp3) is 0.632. The fourth-order valence-electron chi connectivity index (χ4n) is 5.12.